The maximum absolute atomic E-state index is 13.6. The molecular weight excluding hydrogens is 291 g/mol. The number of halogens is 1. The van der Waals surface area contributed by atoms with E-state index in [-0.39, 0.29) is 23.6 Å². The number of carbonyl (C=O) groups is 2. The molecule has 0 bridgehead atoms. The van der Waals surface area contributed by atoms with Crippen LogP contribution in [0.3, 0.4) is 0 Å². The Kier molecular flexibility index (Phi) is 5.35. The van der Waals surface area contributed by atoms with Gasteiger partial charge in [-0.3, -0.25) is 4.79 Å². The Balaban J connectivity index is 1.90. The maximum Gasteiger partial charge on any atom is 0.338 e. The van der Waals surface area contributed by atoms with Crippen LogP contribution in [0.4, 0.5) is 4.39 Å². The first kappa shape index (κ1) is 16.3. The number of hydrogen-bond acceptors (Lipinski definition) is 4. The summed E-state index contributed by atoms with van der Waals surface area (Å²) < 4.78 is 24.3. The lowest BCUT2D eigenvalue weighted by molar-refractivity contribution is -0.149. The fraction of sp³-hybridized carbons (Fsp3) is 0.500. The Morgan fingerprint density at radius 1 is 1.27 bits per heavy atom. The molecule has 1 fully saturated rings. The quantitative estimate of drug-likeness (QED) is 0.846. The van der Waals surface area contributed by atoms with Crippen molar-refractivity contribution in [3.8, 4) is 5.75 Å². The Morgan fingerprint density at radius 3 is 2.50 bits per heavy atom. The summed E-state index contributed by atoms with van der Waals surface area (Å²) >= 11 is 0. The van der Waals surface area contributed by atoms with Crippen molar-refractivity contribution in [2.45, 2.75) is 38.7 Å². The van der Waals surface area contributed by atoms with E-state index in [4.69, 9.17) is 14.6 Å². The predicted octanol–water partition coefficient (Wildman–Crippen LogP) is 3.02. The van der Waals surface area contributed by atoms with Crippen molar-refractivity contribution in [2.75, 3.05) is 6.61 Å². The second kappa shape index (κ2) is 7.24. The van der Waals surface area contributed by atoms with E-state index in [1.807, 2.05) is 0 Å². The van der Waals surface area contributed by atoms with Gasteiger partial charge in [-0.1, -0.05) is 0 Å². The average Bonchev–Trinajstić information content (AvgIpc) is 2.48. The van der Waals surface area contributed by atoms with Gasteiger partial charge in [-0.2, -0.15) is 0 Å². The summed E-state index contributed by atoms with van der Waals surface area (Å²) in [7, 11) is 0. The van der Waals surface area contributed by atoms with E-state index in [1.165, 1.54) is 12.1 Å². The van der Waals surface area contributed by atoms with Crippen LogP contribution in [0, 0.1) is 11.7 Å². The molecular formula is C16H19FO5. The highest BCUT2D eigenvalue weighted by molar-refractivity contribution is 5.88. The molecule has 0 radical (unpaired) electrons. The second-order valence-corrected chi connectivity index (χ2v) is 5.29. The number of benzene rings is 1. The molecule has 1 N–H and O–H groups in total. The number of hydrogen-bond donors (Lipinski definition) is 1. The topological polar surface area (TPSA) is 72.8 Å². The van der Waals surface area contributed by atoms with Crippen molar-refractivity contribution in [2.24, 2.45) is 5.92 Å². The van der Waals surface area contributed by atoms with Crippen LogP contribution in [-0.4, -0.2) is 29.8 Å². The van der Waals surface area contributed by atoms with Crippen molar-refractivity contribution in [3.05, 3.63) is 29.6 Å². The summed E-state index contributed by atoms with van der Waals surface area (Å²) in [4.78, 5) is 22.4. The van der Waals surface area contributed by atoms with Crippen molar-refractivity contribution in [3.63, 3.8) is 0 Å². The Morgan fingerprint density at radius 2 is 1.95 bits per heavy atom. The number of carboxylic acids is 1. The molecule has 120 valence electrons. The van der Waals surface area contributed by atoms with Gasteiger partial charge in [0.25, 0.3) is 0 Å². The molecule has 0 heterocycles. The molecule has 1 aliphatic carbocycles. The molecule has 1 aromatic carbocycles. The van der Waals surface area contributed by atoms with E-state index in [0.29, 0.717) is 38.0 Å². The van der Waals surface area contributed by atoms with Gasteiger partial charge in [0.05, 0.1) is 24.2 Å². The lowest BCUT2D eigenvalue weighted by Crippen LogP contribution is -2.29. The molecule has 1 aliphatic rings. The average molecular weight is 310 g/mol. The van der Waals surface area contributed by atoms with Crippen LogP contribution in [-0.2, 0) is 9.53 Å². The van der Waals surface area contributed by atoms with Gasteiger partial charge >= 0.3 is 11.9 Å². The normalized spacial score (nSPS) is 21.2. The van der Waals surface area contributed by atoms with Crippen molar-refractivity contribution < 1.29 is 28.6 Å². The lowest BCUT2D eigenvalue weighted by atomic mass is 9.87. The van der Waals surface area contributed by atoms with Crippen molar-refractivity contribution in [1.82, 2.24) is 0 Å². The van der Waals surface area contributed by atoms with E-state index in [1.54, 1.807) is 6.92 Å². The first-order chi connectivity index (χ1) is 10.5. The fourth-order valence-corrected chi connectivity index (χ4v) is 2.61. The summed E-state index contributed by atoms with van der Waals surface area (Å²) in [5.74, 6) is -2.07. The fourth-order valence-electron chi connectivity index (χ4n) is 2.61. The van der Waals surface area contributed by atoms with Crippen LogP contribution in [0.2, 0.25) is 0 Å². The zero-order chi connectivity index (χ0) is 16.1. The van der Waals surface area contributed by atoms with E-state index in [9.17, 15) is 14.0 Å². The molecule has 0 unspecified atom stereocenters. The molecule has 0 amide bonds. The number of rotatable bonds is 5. The summed E-state index contributed by atoms with van der Waals surface area (Å²) in [6.07, 6.45) is 2.64. The maximum atomic E-state index is 13.6. The van der Waals surface area contributed by atoms with Gasteiger partial charge in [0.1, 0.15) is 11.6 Å². The minimum atomic E-state index is -1.31. The number of aromatic carboxylic acids is 1. The van der Waals surface area contributed by atoms with E-state index in [2.05, 4.69) is 0 Å². The van der Waals surface area contributed by atoms with Crippen LogP contribution < -0.4 is 4.74 Å². The number of ether oxygens (including phenoxy) is 2. The molecule has 0 atom stereocenters. The molecule has 1 aromatic rings. The van der Waals surface area contributed by atoms with Gasteiger partial charge in [0.15, 0.2) is 0 Å². The largest absolute Gasteiger partial charge is 0.490 e. The van der Waals surface area contributed by atoms with Crippen LogP contribution >= 0.6 is 0 Å². The SMILES string of the molecule is CCOC(=O)[C@H]1CC[C@H](Oc2ccc(C(=O)O)c(F)c2)CC1. The van der Waals surface area contributed by atoms with Gasteiger partial charge in [-0.05, 0) is 44.7 Å². The van der Waals surface area contributed by atoms with Gasteiger partial charge in [-0.15, -0.1) is 0 Å². The highest BCUT2D eigenvalue weighted by Gasteiger charge is 2.28. The molecule has 22 heavy (non-hydrogen) atoms. The Bertz CT molecular complexity index is 549. The third-order valence-electron chi connectivity index (χ3n) is 3.77. The minimum Gasteiger partial charge on any atom is -0.490 e. The highest BCUT2D eigenvalue weighted by atomic mass is 19.1. The van der Waals surface area contributed by atoms with Gasteiger partial charge in [0, 0.05) is 6.07 Å². The molecule has 0 aliphatic heterocycles. The summed E-state index contributed by atoms with van der Waals surface area (Å²) in [5.41, 5.74) is -0.377. The molecule has 0 aromatic heterocycles. The highest BCUT2D eigenvalue weighted by Crippen LogP contribution is 2.29. The van der Waals surface area contributed by atoms with Crippen LogP contribution in [0.25, 0.3) is 0 Å². The smallest absolute Gasteiger partial charge is 0.338 e. The number of esters is 1. The zero-order valence-electron chi connectivity index (χ0n) is 12.4. The van der Waals surface area contributed by atoms with Crippen LogP contribution in [0.1, 0.15) is 43.0 Å². The summed E-state index contributed by atoms with van der Waals surface area (Å²) in [6.45, 7) is 2.16. The van der Waals surface area contributed by atoms with Gasteiger partial charge in [0.2, 0.25) is 0 Å². The Hall–Kier alpha value is -2.11. The second-order valence-electron chi connectivity index (χ2n) is 5.29. The lowest BCUT2D eigenvalue weighted by Gasteiger charge is -2.27. The van der Waals surface area contributed by atoms with E-state index >= 15 is 0 Å². The van der Waals surface area contributed by atoms with Crippen molar-refractivity contribution >= 4 is 11.9 Å². The minimum absolute atomic E-state index is 0.0917. The molecule has 2 rings (SSSR count). The molecule has 0 spiro atoms. The molecule has 1 saturated carbocycles. The van der Waals surface area contributed by atoms with Crippen LogP contribution in [0.5, 0.6) is 5.75 Å². The van der Waals surface area contributed by atoms with E-state index < -0.39 is 11.8 Å². The van der Waals surface area contributed by atoms with Gasteiger partial charge < -0.3 is 14.6 Å². The third kappa shape index (κ3) is 3.96. The van der Waals surface area contributed by atoms with Crippen LogP contribution in [0.15, 0.2) is 18.2 Å². The number of carbonyl (C=O) groups excluding carboxylic acids is 1. The molecule has 0 saturated heterocycles. The molecule has 5 nitrogen and oxygen atoms in total. The predicted molar refractivity (Wildman–Crippen MR) is 76.4 cm³/mol. The Labute approximate surface area is 128 Å². The summed E-state index contributed by atoms with van der Waals surface area (Å²) in [6, 6.07) is 3.72. The number of carboxylic acid groups (broad SMARTS) is 1. The van der Waals surface area contributed by atoms with Crippen molar-refractivity contribution in [1.29, 1.82) is 0 Å². The summed E-state index contributed by atoms with van der Waals surface area (Å²) in [5, 5.41) is 8.78. The van der Waals surface area contributed by atoms with E-state index in [0.717, 1.165) is 6.07 Å². The molecule has 6 heteroatoms. The first-order valence-corrected chi connectivity index (χ1v) is 7.37. The monoisotopic (exact) mass is 310 g/mol. The first-order valence-electron chi connectivity index (χ1n) is 7.37. The van der Waals surface area contributed by atoms with Gasteiger partial charge in [-0.25, -0.2) is 9.18 Å². The third-order valence-corrected chi connectivity index (χ3v) is 3.77. The standard InChI is InChI=1S/C16H19FO5/c1-2-21-16(20)10-3-5-11(6-4-10)22-12-7-8-13(15(18)19)14(17)9-12/h7-11H,2-6H2,1H3,(H,18,19)/t10-,11-. The zero-order valence-corrected chi connectivity index (χ0v) is 12.4.